The highest BCUT2D eigenvalue weighted by Gasteiger charge is 2.40. The second-order valence-electron chi connectivity index (χ2n) is 3.17. The third-order valence-corrected chi connectivity index (χ3v) is 2.42. The van der Waals surface area contributed by atoms with Crippen LogP contribution in [-0.4, -0.2) is 18.7 Å². The van der Waals surface area contributed by atoms with Crippen LogP contribution in [0.5, 0.6) is 0 Å². The van der Waals surface area contributed by atoms with Crippen LogP contribution < -0.4 is 4.72 Å². The molecule has 0 saturated heterocycles. The van der Waals surface area contributed by atoms with Crippen LogP contribution >= 0.6 is 12.2 Å². The lowest BCUT2D eigenvalue weighted by atomic mass is 10.3. The second kappa shape index (κ2) is 4.89. The van der Waals surface area contributed by atoms with Crippen molar-refractivity contribution in [3.63, 3.8) is 0 Å². The molecule has 0 aromatic heterocycles. The van der Waals surface area contributed by atoms with Gasteiger partial charge in [0.2, 0.25) is 5.91 Å². The number of hydrogen-bond donors (Lipinski definition) is 1. The summed E-state index contributed by atoms with van der Waals surface area (Å²) >= 11 is 0.315. The zero-order valence-corrected chi connectivity index (χ0v) is 8.53. The minimum absolute atomic E-state index is 0.146. The van der Waals surface area contributed by atoms with Crippen LogP contribution in [0.25, 0.3) is 0 Å². The number of amides is 1. The van der Waals surface area contributed by atoms with Gasteiger partial charge >= 0.3 is 6.18 Å². The first-order valence-corrected chi connectivity index (χ1v) is 4.96. The Bertz CT molecular complexity index is 257. The van der Waals surface area contributed by atoms with Gasteiger partial charge in [-0.1, -0.05) is 6.08 Å². The Morgan fingerprint density at radius 2 is 2.33 bits per heavy atom. The fraction of sp³-hybridized carbons (Fsp3) is 0.625. The van der Waals surface area contributed by atoms with Gasteiger partial charge in [0, 0.05) is 5.92 Å². The summed E-state index contributed by atoms with van der Waals surface area (Å²) in [5, 5.41) is 0. The molecular formula is C8H10F3NO2S. The topological polar surface area (TPSA) is 38.3 Å². The second-order valence-corrected chi connectivity index (χ2v) is 3.78. The lowest BCUT2D eigenvalue weighted by molar-refractivity contribution is -0.151. The Morgan fingerprint density at radius 3 is 2.80 bits per heavy atom. The fourth-order valence-corrected chi connectivity index (χ4v) is 1.50. The van der Waals surface area contributed by atoms with Gasteiger partial charge in [-0.2, -0.15) is 13.2 Å². The summed E-state index contributed by atoms with van der Waals surface area (Å²) in [7, 11) is 0. The van der Waals surface area contributed by atoms with Crippen LogP contribution in [-0.2, 0) is 8.98 Å². The lowest BCUT2D eigenvalue weighted by Crippen LogP contribution is -2.21. The van der Waals surface area contributed by atoms with Crippen molar-refractivity contribution in [3.8, 4) is 0 Å². The smallest absolute Gasteiger partial charge is 0.287 e. The molecule has 1 N–H and O–H groups in total. The van der Waals surface area contributed by atoms with E-state index in [1.54, 1.807) is 6.08 Å². The van der Waals surface area contributed by atoms with E-state index in [9.17, 15) is 18.0 Å². The van der Waals surface area contributed by atoms with E-state index in [1.807, 2.05) is 0 Å². The SMILES string of the molecule is C=C[C@@H]1C[C@@H]1C(=O)NSOCC(F)(F)F. The molecule has 1 rings (SSSR count). The van der Waals surface area contributed by atoms with Gasteiger partial charge in [0.25, 0.3) is 0 Å². The fourth-order valence-electron chi connectivity index (χ4n) is 1.02. The van der Waals surface area contributed by atoms with E-state index in [4.69, 9.17) is 0 Å². The first kappa shape index (κ1) is 12.4. The molecule has 0 unspecified atom stereocenters. The van der Waals surface area contributed by atoms with E-state index in [2.05, 4.69) is 15.5 Å². The number of nitrogens with one attached hydrogen (secondary N) is 1. The van der Waals surface area contributed by atoms with Crippen molar-refractivity contribution >= 4 is 18.1 Å². The highest BCUT2D eigenvalue weighted by atomic mass is 32.2. The molecule has 3 nitrogen and oxygen atoms in total. The molecule has 86 valence electrons. The van der Waals surface area contributed by atoms with Crippen molar-refractivity contribution in [2.45, 2.75) is 12.6 Å². The zero-order valence-electron chi connectivity index (χ0n) is 7.71. The van der Waals surface area contributed by atoms with Crippen molar-refractivity contribution in [1.82, 2.24) is 4.72 Å². The first-order chi connectivity index (χ1) is 6.94. The molecule has 2 atom stereocenters. The summed E-state index contributed by atoms with van der Waals surface area (Å²) in [5.41, 5.74) is 0. The van der Waals surface area contributed by atoms with Crippen molar-refractivity contribution in [2.75, 3.05) is 6.61 Å². The highest BCUT2D eigenvalue weighted by molar-refractivity contribution is 7.93. The predicted molar refractivity (Wildman–Crippen MR) is 49.5 cm³/mol. The number of rotatable bonds is 5. The maximum absolute atomic E-state index is 11.6. The summed E-state index contributed by atoms with van der Waals surface area (Å²) in [6.07, 6.45) is -2.01. The first-order valence-electron chi connectivity index (χ1n) is 4.21. The molecular weight excluding hydrogens is 231 g/mol. The Morgan fingerprint density at radius 1 is 1.67 bits per heavy atom. The van der Waals surface area contributed by atoms with Crippen LogP contribution in [0, 0.1) is 11.8 Å². The van der Waals surface area contributed by atoms with Crippen LogP contribution in [0.4, 0.5) is 13.2 Å². The van der Waals surface area contributed by atoms with Gasteiger partial charge in [-0.25, -0.2) is 0 Å². The van der Waals surface area contributed by atoms with Crippen molar-refractivity contribution in [3.05, 3.63) is 12.7 Å². The molecule has 0 aliphatic heterocycles. The van der Waals surface area contributed by atoms with Gasteiger partial charge in [-0.3, -0.25) is 13.7 Å². The van der Waals surface area contributed by atoms with Crippen molar-refractivity contribution in [1.29, 1.82) is 0 Å². The standard InChI is InChI=1S/C8H10F3NO2S/c1-2-5-3-6(5)7(13)12-15-14-4-8(9,10)11/h2,5-6H,1,3-4H2,(H,12,13)/t5-,6+/m1/s1. The highest BCUT2D eigenvalue weighted by Crippen LogP contribution is 2.39. The molecule has 0 radical (unpaired) electrons. The Hall–Kier alpha value is -0.690. The molecule has 7 heteroatoms. The minimum Gasteiger partial charge on any atom is -0.287 e. The maximum atomic E-state index is 11.6. The van der Waals surface area contributed by atoms with E-state index in [-0.39, 0.29) is 17.7 Å². The summed E-state index contributed by atoms with van der Waals surface area (Å²) < 4.78 is 41.1. The largest absolute Gasteiger partial charge is 0.413 e. The molecule has 0 aromatic rings. The van der Waals surface area contributed by atoms with E-state index in [1.165, 1.54) is 0 Å². The molecule has 1 amide bonds. The Kier molecular flexibility index (Phi) is 4.04. The van der Waals surface area contributed by atoms with Gasteiger partial charge in [-0.05, 0) is 12.3 Å². The van der Waals surface area contributed by atoms with E-state index in [0.29, 0.717) is 18.6 Å². The summed E-state index contributed by atoms with van der Waals surface area (Å²) in [6.45, 7) is 2.14. The normalized spacial score (nSPS) is 24.7. The molecule has 1 aliphatic rings. The molecule has 1 fully saturated rings. The molecule has 1 aliphatic carbocycles. The van der Waals surface area contributed by atoms with E-state index in [0.717, 1.165) is 0 Å². The van der Waals surface area contributed by atoms with Crippen LogP contribution in [0.15, 0.2) is 12.7 Å². The maximum Gasteiger partial charge on any atom is 0.413 e. The van der Waals surface area contributed by atoms with Crippen LogP contribution in [0.1, 0.15) is 6.42 Å². The summed E-state index contributed by atoms with van der Waals surface area (Å²) in [5.74, 6) is -0.329. The molecule has 0 spiro atoms. The summed E-state index contributed by atoms with van der Waals surface area (Å²) in [4.78, 5) is 11.2. The van der Waals surface area contributed by atoms with E-state index < -0.39 is 12.8 Å². The van der Waals surface area contributed by atoms with Gasteiger partial charge in [0.05, 0.1) is 0 Å². The predicted octanol–water partition coefficient (Wildman–Crippen LogP) is 2.07. The molecule has 15 heavy (non-hydrogen) atoms. The zero-order chi connectivity index (χ0) is 11.5. The number of alkyl halides is 3. The van der Waals surface area contributed by atoms with Gasteiger partial charge in [0.1, 0.15) is 12.2 Å². The monoisotopic (exact) mass is 241 g/mol. The van der Waals surface area contributed by atoms with Gasteiger partial charge < -0.3 is 0 Å². The van der Waals surface area contributed by atoms with Crippen LogP contribution in [0.3, 0.4) is 0 Å². The molecule has 1 saturated carbocycles. The van der Waals surface area contributed by atoms with Crippen molar-refractivity contribution < 1.29 is 22.1 Å². The average Bonchev–Trinajstić information content (AvgIpc) is 2.89. The molecule has 0 aromatic carbocycles. The number of hydrogen-bond acceptors (Lipinski definition) is 3. The van der Waals surface area contributed by atoms with Gasteiger partial charge in [0.15, 0.2) is 6.61 Å². The van der Waals surface area contributed by atoms with Crippen molar-refractivity contribution in [2.24, 2.45) is 11.8 Å². The average molecular weight is 241 g/mol. The molecule has 0 heterocycles. The lowest BCUT2D eigenvalue weighted by Gasteiger charge is -2.06. The number of carbonyl (C=O) groups excluding carboxylic acids is 1. The summed E-state index contributed by atoms with van der Waals surface area (Å²) in [6, 6.07) is 0. The van der Waals surface area contributed by atoms with E-state index >= 15 is 0 Å². The number of allylic oxidation sites excluding steroid dienone is 1. The quantitative estimate of drug-likeness (QED) is 0.346. The number of halogens is 3. The third-order valence-electron chi connectivity index (χ3n) is 1.90. The Labute approximate surface area is 89.4 Å². The number of carbonyl (C=O) groups is 1. The molecule has 0 bridgehead atoms. The minimum atomic E-state index is -4.37. The Balaban J connectivity index is 2.06. The van der Waals surface area contributed by atoms with Crippen LogP contribution in [0.2, 0.25) is 0 Å². The van der Waals surface area contributed by atoms with Gasteiger partial charge in [-0.15, -0.1) is 6.58 Å². The third kappa shape index (κ3) is 4.57.